The molecule has 0 radical (unpaired) electrons. The van der Waals surface area contributed by atoms with Crippen LogP contribution in [0.4, 0.5) is 4.39 Å². The molecule has 0 aliphatic carbocycles. The van der Waals surface area contributed by atoms with E-state index in [9.17, 15) is 13.8 Å². The summed E-state index contributed by atoms with van der Waals surface area (Å²) < 4.78 is 37.2. The first-order valence-electron chi connectivity index (χ1n) is 8.96. The Morgan fingerprint density at radius 3 is 2.40 bits per heavy atom. The van der Waals surface area contributed by atoms with Crippen LogP contribution < -0.4 is 0 Å². The molecule has 0 aromatic heterocycles. The van der Waals surface area contributed by atoms with E-state index in [2.05, 4.69) is 0 Å². The fourth-order valence-corrected chi connectivity index (χ4v) is 6.09. The number of benzene rings is 1. The number of fused-ring (bicyclic) bond motifs is 1. The quantitative estimate of drug-likeness (QED) is 0.702. The summed E-state index contributed by atoms with van der Waals surface area (Å²) in [5.74, 6) is -0.455. The molecule has 2 aliphatic rings. The third-order valence-corrected chi connectivity index (χ3v) is 7.46. The average Bonchev–Trinajstić information content (AvgIpc) is 2.94. The molecule has 1 aromatic rings. The lowest BCUT2D eigenvalue weighted by molar-refractivity contribution is -0.132. The molecule has 138 valence electrons. The van der Waals surface area contributed by atoms with Gasteiger partial charge in [-0.3, -0.25) is 9.36 Å². The first kappa shape index (κ1) is 18.6. The van der Waals surface area contributed by atoms with Crippen LogP contribution in [-0.2, 0) is 18.4 Å². The lowest BCUT2D eigenvalue weighted by atomic mass is 9.92. The molecular formula is C18H25FNO4P. The Hall–Kier alpha value is -1.23. The van der Waals surface area contributed by atoms with Crippen molar-refractivity contribution in [2.75, 3.05) is 13.2 Å². The highest BCUT2D eigenvalue weighted by atomic mass is 31.2. The number of carbonyl (C=O) groups excluding carboxylic acids is 1. The van der Waals surface area contributed by atoms with Crippen LogP contribution in [0.1, 0.15) is 51.1 Å². The fourth-order valence-electron chi connectivity index (χ4n) is 4.03. The Labute approximate surface area is 148 Å². The van der Waals surface area contributed by atoms with Crippen molar-refractivity contribution in [2.24, 2.45) is 0 Å². The maximum Gasteiger partial charge on any atom is 0.343 e. The molecule has 0 N–H and O–H groups in total. The van der Waals surface area contributed by atoms with Gasteiger partial charge in [-0.2, -0.15) is 0 Å². The molecule has 3 unspecified atom stereocenters. The number of carbonyl (C=O) groups is 1. The number of nitrogens with zero attached hydrogens (tertiary/aromatic N) is 1. The fraction of sp³-hybridized carbons (Fsp3) is 0.611. The molecule has 25 heavy (non-hydrogen) atoms. The molecule has 0 saturated carbocycles. The summed E-state index contributed by atoms with van der Waals surface area (Å²) in [6, 6.07) is 6.23. The predicted molar refractivity (Wildman–Crippen MR) is 92.9 cm³/mol. The van der Waals surface area contributed by atoms with Crippen LogP contribution >= 0.6 is 7.60 Å². The molecular weight excluding hydrogens is 344 g/mol. The lowest BCUT2D eigenvalue weighted by Gasteiger charge is -2.38. The highest BCUT2D eigenvalue weighted by Gasteiger charge is 2.53. The Kier molecular flexibility index (Phi) is 5.62. The molecule has 2 saturated heterocycles. The third kappa shape index (κ3) is 3.53. The van der Waals surface area contributed by atoms with E-state index < -0.39 is 13.3 Å². The zero-order valence-electron chi connectivity index (χ0n) is 14.7. The van der Waals surface area contributed by atoms with E-state index >= 15 is 0 Å². The SMILES string of the molecule is CCOP(=O)(OCC)C1CC2CCCC(c3ccc(F)cc3)N2C1=O. The molecule has 1 amide bonds. The number of amides is 1. The minimum Gasteiger partial charge on any atom is -0.332 e. The Bertz CT molecular complexity index is 656. The van der Waals surface area contributed by atoms with Crippen LogP contribution in [0, 0.1) is 5.82 Å². The number of rotatable bonds is 6. The normalized spacial score (nSPS) is 26.8. The molecule has 2 fully saturated rings. The Balaban J connectivity index is 1.88. The third-order valence-electron chi connectivity index (χ3n) is 5.03. The molecule has 0 spiro atoms. The first-order valence-corrected chi connectivity index (χ1v) is 10.6. The average molecular weight is 369 g/mol. The Morgan fingerprint density at radius 2 is 1.80 bits per heavy atom. The van der Waals surface area contributed by atoms with Crippen LogP contribution in [0.3, 0.4) is 0 Å². The van der Waals surface area contributed by atoms with Gasteiger partial charge in [-0.15, -0.1) is 0 Å². The summed E-state index contributed by atoms with van der Waals surface area (Å²) in [7, 11) is -3.47. The number of hydrogen-bond donors (Lipinski definition) is 0. The van der Waals surface area contributed by atoms with Gasteiger partial charge in [-0.1, -0.05) is 12.1 Å². The summed E-state index contributed by atoms with van der Waals surface area (Å²) in [4.78, 5) is 14.9. The highest BCUT2D eigenvalue weighted by molar-refractivity contribution is 7.55. The summed E-state index contributed by atoms with van der Waals surface area (Å²) in [6.07, 6.45) is 3.19. The molecule has 2 aliphatic heterocycles. The topological polar surface area (TPSA) is 55.8 Å². The second-order valence-electron chi connectivity index (χ2n) is 6.52. The van der Waals surface area contributed by atoms with E-state index in [0.29, 0.717) is 6.42 Å². The van der Waals surface area contributed by atoms with Gasteiger partial charge in [0.2, 0.25) is 5.91 Å². The van der Waals surface area contributed by atoms with Crippen molar-refractivity contribution < 1.29 is 22.8 Å². The van der Waals surface area contributed by atoms with Gasteiger partial charge in [0, 0.05) is 6.04 Å². The van der Waals surface area contributed by atoms with Crippen molar-refractivity contribution in [3.63, 3.8) is 0 Å². The van der Waals surface area contributed by atoms with E-state index in [1.165, 1.54) is 12.1 Å². The molecule has 1 aromatic carbocycles. The summed E-state index contributed by atoms with van der Waals surface area (Å²) in [5, 5.41) is 0. The molecule has 0 bridgehead atoms. The minimum atomic E-state index is -3.47. The van der Waals surface area contributed by atoms with Crippen molar-refractivity contribution in [1.29, 1.82) is 0 Å². The largest absolute Gasteiger partial charge is 0.343 e. The summed E-state index contributed by atoms with van der Waals surface area (Å²) in [5.41, 5.74) is 0.182. The highest BCUT2D eigenvalue weighted by Crippen LogP contribution is 2.59. The zero-order chi connectivity index (χ0) is 18.0. The van der Waals surface area contributed by atoms with E-state index in [-0.39, 0.29) is 37.0 Å². The van der Waals surface area contributed by atoms with Gasteiger partial charge >= 0.3 is 7.60 Å². The van der Waals surface area contributed by atoms with Crippen molar-refractivity contribution >= 4 is 13.5 Å². The van der Waals surface area contributed by atoms with Crippen molar-refractivity contribution in [3.8, 4) is 0 Å². The van der Waals surface area contributed by atoms with Gasteiger partial charge < -0.3 is 13.9 Å². The second kappa shape index (κ2) is 7.56. The number of piperidine rings is 1. The zero-order valence-corrected chi connectivity index (χ0v) is 15.6. The summed E-state index contributed by atoms with van der Waals surface area (Å²) >= 11 is 0. The molecule has 3 atom stereocenters. The first-order chi connectivity index (χ1) is 12.0. The van der Waals surface area contributed by atoms with Gasteiger partial charge in [-0.25, -0.2) is 4.39 Å². The molecule has 2 heterocycles. The van der Waals surface area contributed by atoms with E-state index in [1.54, 1.807) is 26.0 Å². The summed E-state index contributed by atoms with van der Waals surface area (Å²) in [6.45, 7) is 3.99. The predicted octanol–water partition coefficient (Wildman–Crippen LogP) is 4.29. The lowest BCUT2D eigenvalue weighted by Crippen LogP contribution is -2.41. The van der Waals surface area contributed by atoms with Gasteiger partial charge in [0.1, 0.15) is 11.5 Å². The van der Waals surface area contributed by atoms with E-state index in [1.807, 2.05) is 4.90 Å². The van der Waals surface area contributed by atoms with Crippen LogP contribution in [0.2, 0.25) is 0 Å². The van der Waals surface area contributed by atoms with Crippen molar-refractivity contribution in [2.45, 2.75) is 57.3 Å². The van der Waals surface area contributed by atoms with Crippen LogP contribution in [0.5, 0.6) is 0 Å². The molecule has 7 heteroatoms. The van der Waals surface area contributed by atoms with Gasteiger partial charge in [0.15, 0.2) is 0 Å². The van der Waals surface area contributed by atoms with Gasteiger partial charge in [-0.05, 0) is 57.2 Å². The van der Waals surface area contributed by atoms with Crippen LogP contribution in [0.25, 0.3) is 0 Å². The minimum absolute atomic E-state index is 0.0375. The molecule has 3 rings (SSSR count). The van der Waals surface area contributed by atoms with Crippen molar-refractivity contribution in [1.82, 2.24) is 4.90 Å². The van der Waals surface area contributed by atoms with Crippen LogP contribution in [-0.4, -0.2) is 35.7 Å². The number of hydrogen-bond acceptors (Lipinski definition) is 4. The van der Waals surface area contributed by atoms with E-state index in [4.69, 9.17) is 9.05 Å². The van der Waals surface area contributed by atoms with E-state index in [0.717, 1.165) is 24.8 Å². The number of halogens is 1. The van der Waals surface area contributed by atoms with Crippen molar-refractivity contribution in [3.05, 3.63) is 35.6 Å². The maximum absolute atomic E-state index is 13.2. The second-order valence-corrected chi connectivity index (χ2v) is 8.74. The van der Waals surface area contributed by atoms with Gasteiger partial charge in [0.05, 0.1) is 19.3 Å². The standard InChI is InChI=1S/C18H25FNO4P/c1-3-23-25(22,24-4-2)17-12-15-6-5-7-16(20(15)18(17)21)13-8-10-14(19)11-9-13/h8-11,15-17H,3-7,12H2,1-2H3. The Morgan fingerprint density at radius 1 is 1.16 bits per heavy atom. The van der Waals surface area contributed by atoms with Gasteiger partial charge in [0.25, 0.3) is 0 Å². The van der Waals surface area contributed by atoms with Crippen LogP contribution in [0.15, 0.2) is 24.3 Å². The molecule has 5 nitrogen and oxygen atoms in total. The smallest absolute Gasteiger partial charge is 0.332 e. The monoisotopic (exact) mass is 369 g/mol. The maximum atomic E-state index is 13.2.